The minimum atomic E-state index is -3.70. The lowest BCUT2D eigenvalue weighted by Crippen LogP contribution is -2.17. The minimum absolute atomic E-state index is 0.112. The first-order valence-electron chi connectivity index (χ1n) is 6.08. The Balaban J connectivity index is 2.28. The molecule has 0 heterocycles. The summed E-state index contributed by atoms with van der Waals surface area (Å²) in [6.45, 7) is 0. The topological polar surface area (TPSA) is 60.4 Å². The zero-order valence-corrected chi connectivity index (χ0v) is 13.6. The van der Waals surface area contributed by atoms with E-state index in [1.54, 1.807) is 36.4 Å². The highest BCUT2D eigenvalue weighted by Gasteiger charge is 2.22. The summed E-state index contributed by atoms with van der Waals surface area (Å²) in [5.41, 5.74) is 0.310. The number of carbonyl (C=O) groups excluding carboxylic acids is 1. The number of benzene rings is 2. The van der Waals surface area contributed by atoms with Gasteiger partial charge in [0, 0.05) is 10.0 Å². The standard InChI is InChI=1S/C15H13BrO4S/c1-20-12-6-4-5-11(9-12)14(17)10-21(18,19)15-8-3-2-7-13(15)16/h2-9H,10H2,1H3. The lowest BCUT2D eigenvalue weighted by molar-refractivity contribution is 0.102. The number of hydrogen-bond donors (Lipinski definition) is 0. The molecule has 0 amide bonds. The van der Waals surface area contributed by atoms with E-state index in [-0.39, 0.29) is 4.90 Å². The molecular formula is C15H13BrO4S. The quantitative estimate of drug-likeness (QED) is 0.760. The molecule has 0 radical (unpaired) electrons. The molecule has 2 aromatic carbocycles. The number of rotatable bonds is 5. The van der Waals surface area contributed by atoms with Crippen LogP contribution in [0.15, 0.2) is 57.9 Å². The molecule has 0 aliphatic heterocycles. The monoisotopic (exact) mass is 368 g/mol. The Morgan fingerprint density at radius 3 is 2.52 bits per heavy atom. The molecule has 21 heavy (non-hydrogen) atoms. The van der Waals surface area contributed by atoms with Gasteiger partial charge >= 0.3 is 0 Å². The second-order valence-corrected chi connectivity index (χ2v) is 7.16. The summed E-state index contributed by atoms with van der Waals surface area (Å²) in [5.74, 6) is -0.535. The maximum absolute atomic E-state index is 12.3. The van der Waals surface area contributed by atoms with Crippen LogP contribution in [0.25, 0.3) is 0 Å². The van der Waals surface area contributed by atoms with E-state index < -0.39 is 21.4 Å². The third-order valence-corrected chi connectivity index (χ3v) is 5.51. The van der Waals surface area contributed by atoms with Crippen molar-refractivity contribution in [3.8, 4) is 5.75 Å². The van der Waals surface area contributed by atoms with Gasteiger partial charge in [0.25, 0.3) is 0 Å². The van der Waals surface area contributed by atoms with Crippen molar-refractivity contribution in [3.05, 3.63) is 58.6 Å². The Morgan fingerprint density at radius 2 is 1.86 bits per heavy atom. The predicted molar refractivity (Wildman–Crippen MR) is 83.5 cm³/mol. The average molecular weight is 369 g/mol. The summed E-state index contributed by atoms with van der Waals surface area (Å²) in [7, 11) is -2.21. The van der Waals surface area contributed by atoms with E-state index in [1.165, 1.54) is 19.2 Å². The van der Waals surface area contributed by atoms with Crippen LogP contribution < -0.4 is 4.74 Å². The Kier molecular flexibility index (Phi) is 4.80. The Labute approximate surface area is 131 Å². The first kappa shape index (κ1) is 15.7. The summed E-state index contributed by atoms with van der Waals surface area (Å²) >= 11 is 3.19. The number of ether oxygens (including phenoxy) is 1. The lowest BCUT2D eigenvalue weighted by Gasteiger charge is -2.07. The first-order valence-corrected chi connectivity index (χ1v) is 8.53. The van der Waals surface area contributed by atoms with E-state index in [4.69, 9.17) is 4.74 Å². The summed E-state index contributed by atoms with van der Waals surface area (Å²) in [5, 5.41) is 0. The van der Waals surface area contributed by atoms with Gasteiger partial charge in [-0.15, -0.1) is 0 Å². The first-order chi connectivity index (χ1) is 9.94. The molecule has 2 aromatic rings. The van der Waals surface area contributed by atoms with Gasteiger partial charge in [0.1, 0.15) is 11.5 Å². The van der Waals surface area contributed by atoms with Crippen LogP contribution in [0.2, 0.25) is 0 Å². The van der Waals surface area contributed by atoms with E-state index in [0.717, 1.165) is 0 Å². The zero-order valence-electron chi connectivity index (χ0n) is 11.2. The summed E-state index contributed by atoms with van der Waals surface area (Å²) in [6, 6.07) is 12.9. The Bertz CT molecular complexity index is 769. The number of hydrogen-bond acceptors (Lipinski definition) is 4. The van der Waals surface area contributed by atoms with Gasteiger partial charge in [0.05, 0.1) is 12.0 Å². The Hall–Kier alpha value is -1.66. The highest BCUT2D eigenvalue weighted by Crippen LogP contribution is 2.23. The second kappa shape index (κ2) is 6.41. The molecule has 0 saturated heterocycles. The molecule has 0 saturated carbocycles. The van der Waals surface area contributed by atoms with Crippen LogP contribution in [0.4, 0.5) is 0 Å². The number of methoxy groups -OCH3 is 1. The summed E-state index contributed by atoms with van der Waals surface area (Å²) in [6.07, 6.45) is 0. The van der Waals surface area contributed by atoms with Crippen molar-refractivity contribution in [2.45, 2.75) is 4.90 Å². The van der Waals surface area contributed by atoms with Crippen LogP contribution >= 0.6 is 15.9 Å². The number of carbonyl (C=O) groups is 1. The minimum Gasteiger partial charge on any atom is -0.497 e. The average Bonchev–Trinajstić information content (AvgIpc) is 2.47. The molecule has 0 unspecified atom stereocenters. The second-order valence-electron chi connectivity index (χ2n) is 4.34. The normalized spacial score (nSPS) is 11.1. The van der Waals surface area contributed by atoms with Crippen LogP contribution in [0.1, 0.15) is 10.4 Å². The molecule has 0 aliphatic carbocycles. The summed E-state index contributed by atoms with van der Waals surface area (Å²) < 4.78 is 30.1. The maximum Gasteiger partial charge on any atom is 0.186 e. The van der Waals surface area contributed by atoms with Crippen LogP contribution in [-0.2, 0) is 9.84 Å². The molecule has 0 bridgehead atoms. The third-order valence-electron chi connectivity index (χ3n) is 2.88. The van der Waals surface area contributed by atoms with Gasteiger partial charge in [-0.25, -0.2) is 8.42 Å². The SMILES string of the molecule is COc1cccc(C(=O)CS(=O)(=O)c2ccccc2Br)c1. The van der Waals surface area contributed by atoms with E-state index in [1.807, 2.05) is 0 Å². The van der Waals surface area contributed by atoms with Crippen molar-refractivity contribution in [2.24, 2.45) is 0 Å². The predicted octanol–water partition coefficient (Wildman–Crippen LogP) is 3.11. The Morgan fingerprint density at radius 1 is 1.14 bits per heavy atom. The largest absolute Gasteiger partial charge is 0.497 e. The molecule has 0 N–H and O–H groups in total. The fourth-order valence-corrected chi connectivity index (χ4v) is 4.17. The van der Waals surface area contributed by atoms with Crippen molar-refractivity contribution in [1.29, 1.82) is 0 Å². The van der Waals surface area contributed by atoms with Crippen LogP contribution in [-0.4, -0.2) is 27.1 Å². The lowest BCUT2D eigenvalue weighted by atomic mass is 10.1. The van der Waals surface area contributed by atoms with Gasteiger partial charge in [-0.3, -0.25) is 4.79 Å². The maximum atomic E-state index is 12.3. The number of halogens is 1. The molecule has 0 aromatic heterocycles. The molecule has 0 atom stereocenters. The van der Waals surface area contributed by atoms with Crippen molar-refractivity contribution >= 4 is 31.6 Å². The molecule has 0 aliphatic rings. The number of sulfone groups is 1. The van der Waals surface area contributed by atoms with Gasteiger partial charge in [0.15, 0.2) is 15.6 Å². The number of Topliss-reactive ketones (excluding diaryl/α,β-unsaturated/α-hetero) is 1. The third kappa shape index (κ3) is 3.71. The van der Waals surface area contributed by atoms with Crippen LogP contribution in [0.5, 0.6) is 5.75 Å². The fraction of sp³-hybridized carbons (Fsp3) is 0.133. The molecule has 0 fully saturated rings. The summed E-state index contributed by atoms with van der Waals surface area (Å²) in [4.78, 5) is 12.3. The van der Waals surface area contributed by atoms with Gasteiger partial charge in [-0.2, -0.15) is 0 Å². The van der Waals surface area contributed by atoms with E-state index >= 15 is 0 Å². The molecule has 0 spiro atoms. The molecular weight excluding hydrogens is 356 g/mol. The van der Waals surface area contributed by atoms with E-state index in [9.17, 15) is 13.2 Å². The van der Waals surface area contributed by atoms with Gasteiger partial charge < -0.3 is 4.74 Å². The van der Waals surface area contributed by atoms with Gasteiger partial charge in [-0.1, -0.05) is 24.3 Å². The molecule has 6 heteroatoms. The van der Waals surface area contributed by atoms with Crippen LogP contribution in [0, 0.1) is 0 Å². The highest BCUT2D eigenvalue weighted by atomic mass is 79.9. The molecule has 2 rings (SSSR count). The van der Waals surface area contributed by atoms with E-state index in [2.05, 4.69) is 15.9 Å². The van der Waals surface area contributed by atoms with Crippen molar-refractivity contribution in [2.75, 3.05) is 12.9 Å². The molecule has 110 valence electrons. The zero-order chi connectivity index (χ0) is 15.5. The van der Waals surface area contributed by atoms with E-state index in [0.29, 0.717) is 15.8 Å². The number of ketones is 1. The van der Waals surface area contributed by atoms with Crippen molar-refractivity contribution < 1.29 is 17.9 Å². The fourth-order valence-electron chi connectivity index (χ4n) is 1.83. The van der Waals surface area contributed by atoms with Crippen molar-refractivity contribution in [3.63, 3.8) is 0 Å². The van der Waals surface area contributed by atoms with Gasteiger partial charge in [-0.05, 0) is 40.2 Å². The van der Waals surface area contributed by atoms with Crippen LogP contribution in [0.3, 0.4) is 0 Å². The van der Waals surface area contributed by atoms with Gasteiger partial charge in [0.2, 0.25) is 0 Å². The molecule has 4 nitrogen and oxygen atoms in total. The smallest absolute Gasteiger partial charge is 0.186 e. The highest BCUT2D eigenvalue weighted by molar-refractivity contribution is 9.10. The van der Waals surface area contributed by atoms with Crippen molar-refractivity contribution in [1.82, 2.24) is 0 Å².